The first kappa shape index (κ1) is 14.1. The molecule has 0 aliphatic rings. The molecule has 1 N–H and O–H groups in total. The summed E-state index contributed by atoms with van der Waals surface area (Å²) in [4.78, 5) is 13.5. The maximum absolute atomic E-state index is 11.9. The number of alkyl halides is 2. The predicted octanol–water partition coefficient (Wildman–Crippen LogP) is 3.31. The van der Waals surface area contributed by atoms with Crippen LogP contribution in [-0.2, 0) is 0 Å². The lowest BCUT2D eigenvalue weighted by Crippen LogP contribution is -2.37. The predicted molar refractivity (Wildman–Crippen MR) is 73.2 cm³/mol. The molecule has 94 valence electrons. The summed E-state index contributed by atoms with van der Waals surface area (Å²) in [7, 11) is 0. The van der Waals surface area contributed by atoms with E-state index in [4.69, 9.17) is 23.2 Å². The fourth-order valence-electron chi connectivity index (χ4n) is 1.44. The number of nitrogens with zero attached hydrogens (tertiary/aromatic N) is 1. The molecular formula is C12H16Cl2N2O. The van der Waals surface area contributed by atoms with Crippen molar-refractivity contribution in [2.75, 3.05) is 30.2 Å². The van der Waals surface area contributed by atoms with Gasteiger partial charge >= 0.3 is 6.03 Å². The van der Waals surface area contributed by atoms with E-state index in [1.807, 2.05) is 31.2 Å². The van der Waals surface area contributed by atoms with Crippen LogP contribution in [-0.4, -0.2) is 35.8 Å². The highest BCUT2D eigenvalue weighted by atomic mass is 35.5. The van der Waals surface area contributed by atoms with Crippen LogP contribution in [0.5, 0.6) is 0 Å². The van der Waals surface area contributed by atoms with Gasteiger partial charge in [0.2, 0.25) is 0 Å². The van der Waals surface area contributed by atoms with Crippen molar-refractivity contribution >= 4 is 34.9 Å². The zero-order valence-electron chi connectivity index (χ0n) is 9.75. The molecule has 0 aliphatic heterocycles. The highest BCUT2D eigenvalue weighted by molar-refractivity contribution is 6.18. The SMILES string of the molecule is Cc1cccc(NC(=O)N(CCCl)CCCl)c1. The van der Waals surface area contributed by atoms with Gasteiger partial charge in [-0.15, -0.1) is 23.2 Å². The van der Waals surface area contributed by atoms with Gasteiger partial charge in [0.25, 0.3) is 0 Å². The molecular weight excluding hydrogens is 259 g/mol. The number of rotatable bonds is 5. The fourth-order valence-corrected chi connectivity index (χ4v) is 1.85. The summed E-state index contributed by atoms with van der Waals surface area (Å²) in [6.07, 6.45) is 0. The van der Waals surface area contributed by atoms with Crippen LogP contribution < -0.4 is 5.32 Å². The summed E-state index contributed by atoms with van der Waals surface area (Å²) >= 11 is 11.3. The van der Waals surface area contributed by atoms with Gasteiger partial charge in [0.15, 0.2) is 0 Å². The normalized spacial score (nSPS) is 10.1. The third kappa shape index (κ3) is 4.84. The molecule has 1 aromatic rings. The second-order valence-electron chi connectivity index (χ2n) is 3.66. The number of carbonyl (C=O) groups excluding carboxylic acids is 1. The molecule has 17 heavy (non-hydrogen) atoms. The van der Waals surface area contributed by atoms with Crippen LogP contribution in [0.25, 0.3) is 0 Å². The smallest absolute Gasteiger partial charge is 0.321 e. The van der Waals surface area contributed by atoms with E-state index in [1.54, 1.807) is 4.90 Å². The fraction of sp³-hybridized carbons (Fsp3) is 0.417. The molecule has 0 radical (unpaired) electrons. The van der Waals surface area contributed by atoms with E-state index in [0.29, 0.717) is 24.8 Å². The van der Waals surface area contributed by atoms with Gasteiger partial charge in [-0.05, 0) is 24.6 Å². The number of amides is 2. The Hall–Kier alpha value is -0.930. The lowest BCUT2D eigenvalue weighted by Gasteiger charge is -2.21. The van der Waals surface area contributed by atoms with E-state index in [2.05, 4.69) is 5.32 Å². The minimum atomic E-state index is -0.170. The number of hydrogen-bond acceptors (Lipinski definition) is 1. The number of hydrogen-bond donors (Lipinski definition) is 1. The Morgan fingerprint density at radius 1 is 1.29 bits per heavy atom. The van der Waals surface area contributed by atoms with Crippen LogP contribution in [0.4, 0.5) is 10.5 Å². The molecule has 1 rings (SSSR count). The largest absolute Gasteiger partial charge is 0.322 e. The Labute approximate surface area is 112 Å². The Bertz CT molecular complexity index is 365. The molecule has 0 bridgehead atoms. The van der Waals surface area contributed by atoms with Crippen molar-refractivity contribution in [3.63, 3.8) is 0 Å². The van der Waals surface area contributed by atoms with Gasteiger partial charge in [0.1, 0.15) is 0 Å². The van der Waals surface area contributed by atoms with Crippen molar-refractivity contribution in [3.05, 3.63) is 29.8 Å². The monoisotopic (exact) mass is 274 g/mol. The average Bonchev–Trinajstić information content (AvgIpc) is 2.28. The quantitative estimate of drug-likeness (QED) is 0.821. The lowest BCUT2D eigenvalue weighted by atomic mass is 10.2. The van der Waals surface area contributed by atoms with Gasteiger partial charge < -0.3 is 10.2 Å². The van der Waals surface area contributed by atoms with Crippen LogP contribution >= 0.6 is 23.2 Å². The van der Waals surface area contributed by atoms with Crippen molar-refractivity contribution in [1.82, 2.24) is 4.90 Å². The minimum Gasteiger partial charge on any atom is -0.322 e. The highest BCUT2D eigenvalue weighted by Crippen LogP contribution is 2.10. The molecule has 5 heteroatoms. The lowest BCUT2D eigenvalue weighted by molar-refractivity contribution is 0.218. The molecule has 2 amide bonds. The second kappa shape index (κ2) is 7.41. The number of anilines is 1. The molecule has 0 spiro atoms. The Kier molecular flexibility index (Phi) is 6.16. The zero-order valence-corrected chi connectivity index (χ0v) is 11.3. The number of halogens is 2. The zero-order chi connectivity index (χ0) is 12.7. The van der Waals surface area contributed by atoms with E-state index in [1.165, 1.54) is 0 Å². The number of benzene rings is 1. The Balaban J connectivity index is 2.62. The minimum absolute atomic E-state index is 0.170. The first-order valence-electron chi connectivity index (χ1n) is 5.42. The molecule has 0 aromatic heterocycles. The Morgan fingerprint density at radius 3 is 2.47 bits per heavy atom. The van der Waals surface area contributed by atoms with Crippen LogP contribution in [0.15, 0.2) is 24.3 Å². The molecule has 3 nitrogen and oxygen atoms in total. The molecule has 1 aromatic carbocycles. The van der Waals surface area contributed by atoms with Gasteiger partial charge in [0, 0.05) is 30.5 Å². The van der Waals surface area contributed by atoms with Crippen LogP contribution in [0.1, 0.15) is 5.56 Å². The summed E-state index contributed by atoms with van der Waals surface area (Å²) in [5.41, 5.74) is 1.88. The highest BCUT2D eigenvalue weighted by Gasteiger charge is 2.11. The molecule has 0 unspecified atom stereocenters. The van der Waals surface area contributed by atoms with Crippen LogP contribution in [0.2, 0.25) is 0 Å². The number of urea groups is 1. The van der Waals surface area contributed by atoms with Gasteiger partial charge in [-0.25, -0.2) is 4.79 Å². The van der Waals surface area contributed by atoms with Crippen molar-refractivity contribution in [3.8, 4) is 0 Å². The molecule has 0 saturated heterocycles. The summed E-state index contributed by atoms with van der Waals surface area (Å²) in [5.74, 6) is 0.802. The summed E-state index contributed by atoms with van der Waals surface area (Å²) in [6, 6.07) is 7.47. The molecule has 0 aliphatic carbocycles. The molecule has 0 heterocycles. The summed E-state index contributed by atoms with van der Waals surface area (Å²) in [6.45, 7) is 2.96. The summed E-state index contributed by atoms with van der Waals surface area (Å²) < 4.78 is 0. The third-order valence-electron chi connectivity index (χ3n) is 2.27. The van der Waals surface area contributed by atoms with Gasteiger partial charge in [-0.2, -0.15) is 0 Å². The van der Waals surface area contributed by atoms with Gasteiger partial charge in [0.05, 0.1) is 0 Å². The maximum atomic E-state index is 11.9. The first-order valence-corrected chi connectivity index (χ1v) is 6.49. The third-order valence-corrected chi connectivity index (χ3v) is 2.60. The maximum Gasteiger partial charge on any atom is 0.321 e. The van der Waals surface area contributed by atoms with Crippen molar-refractivity contribution < 1.29 is 4.79 Å². The summed E-state index contributed by atoms with van der Waals surface area (Å²) in [5, 5.41) is 2.82. The van der Waals surface area contributed by atoms with Crippen molar-refractivity contribution in [2.24, 2.45) is 0 Å². The van der Waals surface area contributed by atoms with Gasteiger partial charge in [-0.1, -0.05) is 12.1 Å². The number of nitrogens with one attached hydrogen (secondary N) is 1. The van der Waals surface area contributed by atoms with Crippen LogP contribution in [0, 0.1) is 6.92 Å². The average molecular weight is 275 g/mol. The van der Waals surface area contributed by atoms with Crippen molar-refractivity contribution in [2.45, 2.75) is 6.92 Å². The van der Waals surface area contributed by atoms with Crippen LogP contribution in [0.3, 0.4) is 0 Å². The molecule has 0 fully saturated rings. The van der Waals surface area contributed by atoms with E-state index in [-0.39, 0.29) is 6.03 Å². The van der Waals surface area contributed by atoms with E-state index < -0.39 is 0 Å². The number of carbonyl (C=O) groups is 1. The molecule has 0 saturated carbocycles. The number of aryl methyl sites for hydroxylation is 1. The van der Waals surface area contributed by atoms with E-state index in [0.717, 1.165) is 11.3 Å². The standard InChI is InChI=1S/C12H16Cl2N2O/c1-10-3-2-4-11(9-10)15-12(17)16(7-5-13)8-6-14/h2-4,9H,5-8H2,1H3,(H,15,17). The molecule has 0 atom stereocenters. The Morgan fingerprint density at radius 2 is 1.94 bits per heavy atom. The van der Waals surface area contributed by atoms with Crippen molar-refractivity contribution in [1.29, 1.82) is 0 Å². The first-order chi connectivity index (χ1) is 8.17. The topological polar surface area (TPSA) is 32.3 Å². The van der Waals surface area contributed by atoms with Gasteiger partial charge in [-0.3, -0.25) is 0 Å². The van der Waals surface area contributed by atoms with E-state index >= 15 is 0 Å². The second-order valence-corrected chi connectivity index (χ2v) is 4.42. The van der Waals surface area contributed by atoms with E-state index in [9.17, 15) is 4.79 Å².